The van der Waals surface area contributed by atoms with Gasteiger partial charge in [0.1, 0.15) is 12.6 Å². The molecule has 5 atom stereocenters. The molecular weight excluding hydrogens is 725 g/mol. The zero-order chi connectivity index (χ0) is 40.4. The summed E-state index contributed by atoms with van der Waals surface area (Å²) in [5, 5.41) is 8.89. The van der Waals surface area contributed by atoms with Crippen LogP contribution < -0.4 is 5.73 Å². The van der Waals surface area contributed by atoms with Gasteiger partial charge in [-0.1, -0.05) is 154 Å². The number of phosphoric acid groups is 1. The van der Waals surface area contributed by atoms with Crippen LogP contribution in [0, 0.1) is 0 Å². The van der Waals surface area contributed by atoms with Crippen molar-refractivity contribution in [3.63, 3.8) is 0 Å². The van der Waals surface area contributed by atoms with E-state index >= 15 is 0 Å². The van der Waals surface area contributed by atoms with Crippen LogP contribution in [0.2, 0.25) is 0 Å². The summed E-state index contributed by atoms with van der Waals surface area (Å²) >= 11 is 0. The van der Waals surface area contributed by atoms with Crippen molar-refractivity contribution in [2.45, 2.75) is 218 Å². The quantitative estimate of drug-likeness (QED) is 0.0175. The lowest BCUT2D eigenvalue weighted by Crippen LogP contribution is -2.34. The molecule has 4 N–H and O–H groups in total. The van der Waals surface area contributed by atoms with Crippen molar-refractivity contribution in [3.05, 3.63) is 12.2 Å². The molecule has 322 valence electrons. The molecule has 1 fully saturated rings. The highest BCUT2D eigenvalue weighted by Gasteiger charge is 2.36. The molecule has 0 amide bonds. The fraction of sp³-hybridized carbons (Fsp3) is 0.881. The van der Waals surface area contributed by atoms with Crippen molar-refractivity contribution in [2.75, 3.05) is 19.8 Å². The zero-order valence-electron chi connectivity index (χ0n) is 34.5. The van der Waals surface area contributed by atoms with Crippen molar-refractivity contribution >= 4 is 25.7 Å². The zero-order valence-corrected chi connectivity index (χ0v) is 35.4. The van der Waals surface area contributed by atoms with Gasteiger partial charge in [0.05, 0.1) is 25.4 Å². The molecule has 0 radical (unpaired) electrons. The first-order valence-corrected chi connectivity index (χ1v) is 23.3. The molecule has 55 heavy (non-hydrogen) atoms. The number of carboxylic acids is 1. The number of phosphoric ester groups is 1. The monoisotopic (exact) mass is 804 g/mol. The third-order valence-corrected chi connectivity index (χ3v) is 10.9. The number of esters is 2. The van der Waals surface area contributed by atoms with Gasteiger partial charge in [0.2, 0.25) is 0 Å². The molecule has 1 aliphatic rings. The van der Waals surface area contributed by atoms with E-state index in [4.69, 9.17) is 29.6 Å². The number of hydrogen-bond acceptors (Lipinski definition) is 10. The van der Waals surface area contributed by atoms with Gasteiger partial charge in [-0.05, 0) is 38.5 Å². The van der Waals surface area contributed by atoms with E-state index in [1.165, 1.54) is 89.9 Å². The molecule has 3 unspecified atom stereocenters. The molecule has 0 aromatic rings. The summed E-state index contributed by atoms with van der Waals surface area (Å²) in [7, 11) is -4.72. The normalized spacial score (nSPS) is 17.5. The Hall–Kier alpha value is -1.82. The van der Waals surface area contributed by atoms with Gasteiger partial charge < -0.3 is 29.9 Å². The maximum atomic E-state index is 12.6. The van der Waals surface area contributed by atoms with E-state index in [0.29, 0.717) is 25.0 Å². The molecule has 0 bridgehead atoms. The molecule has 1 rings (SSSR count). The predicted octanol–water partition coefficient (Wildman–Crippen LogP) is 10.3. The molecular formula is C42H78NO11P. The minimum absolute atomic E-state index is 0.142. The molecule has 1 saturated heterocycles. The Labute approximate surface area is 333 Å². The summed E-state index contributed by atoms with van der Waals surface area (Å²) in [5.74, 6) is -2.39. The summed E-state index contributed by atoms with van der Waals surface area (Å²) in [5.41, 5.74) is 5.33. The summed E-state index contributed by atoms with van der Waals surface area (Å²) < 4.78 is 38.5. The topological polar surface area (TPSA) is 184 Å². The summed E-state index contributed by atoms with van der Waals surface area (Å²) in [4.78, 5) is 46.0. The number of carbonyl (C=O) groups is 3. The van der Waals surface area contributed by atoms with Crippen LogP contribution in [-0.4, -0.2) is 72.1 Å². The first kappa shape index (κ1) is 51.2. The summed E-state index contributed by atoms with van der Waals surface area (Å²) in [6.45, 7) is 2.76. The molecule has 1 heterocycles. The van der Waals surface area contributed by atoms with Crippen LogP contribution in [0.25, 0.3) is 0 Å². The predicted molar refractivity (Wildman–Crippen MR) is 217 cm³/mol. The number of rotatable bonds is 40. The van der Waals surface area contributed by atoms with Gasteiger partial charge >= 0.3 is 25.7 Å². The van der Waals surface area contributed by atoms with Gasteiger partial charge in [-0.25, -0.2) is 4.57 Å². The van der Waals surface area contributed by atoms with Crippen LogP contribution in [0.3, 0.4) is 0 Å². The summed E-state index contributed by atoms with van der Waals surface area (Å²) in [6.07, 6.45) is 34.3. The van der Waals surface area contributed by atoms with Crippen molar-refractivity contribution in [1.82, 2.24) is 0 Å². The van der Waals surface area contributed by atoms with Crippen LogP contribution in [0.4, 0.5) is 0 Å². The third kappa shape index (κ3) is 31.9. The van der Waals surface area contributed by atoms with Crippen LogP contribution in [-0.2, 0) is 42.2 Å². The molecule has 1 aliphatic heterocycles. The molecule has 0 aromatic carbocycles. The minimum Gasteiger partial charge on any atom is -0.480 e. The number of unbranched alkanes of at least 4 members (excludes halogenated alkanes) is 21. The smallest absolute Gasteiger partial charge is 0.472 e. The van der Waals surface area contributed by atoms with Gasteiger partial charge in [0.15, 0.2) is 6.10 Å². The average molecular weight is 804 g/mol. The van der Waals surface area contributed by atoms with Gasteiger partial charge in [0, 0.05) is 12.8 Å². The van der Waals surface area contributed by atoms with Gasteiger partial charge in [-0.15, -0.1) is 0 Å². The number of nitrogens with two attached hydrogens (primary N) is 1. The fourth-order valence-electron chi connectivity index (χ4n) is 6.37. The highest BCUT2D eigenvalue weighted by atomic mass is 31.2. The largest absolute Gasteiger partial charge is 0.480 e. The van der Waals surface area contributed by atoms with Gasteiger partial charge in [0.25, 0.3) is 0 Å². The average Bonchev–Trinajstić information content (AvgIpc) is 3.91. The standard InChI is InChI=1S/C42H78NO11P/c1-3-5-7-9-11-12-13-14-15-16-17-18-19-23-27-31-40(44)50-33-36(34-51-55(48,49)52-35-37(43)42(46)47)53-41(45)32-28-24-20-22-26-30-39-38(54-39)29-25-21-10-8-6-4-2/h21,25,36-39H,3-20,22-24,26-35,43H2,1-2H3,(H,46,47)(H,48,49)/b25-21-/t36-,37+,38?,39?/m1/s1. The number of aliphatic carboxylic acids is 1. The number of carboxylic acid groups (broad SMARTS) is 1. The number of hydrogen-bond donors (Lipinski definition) is 3. The molecule has 12 nitrogen and oxygen atoms in total. The fourth-order valence-corrected chi connectivity index (χ4v) is 7.14. The van der Waals surface area contributed by atoms with E-state index in [2.05, 4.69) is 30.5 Å². The van der Waals surface area contributed by atoms with E-state index in [-0.39, 0.29) is 19.4 Å². The highest BCUT2D eigenvalue weighted by Crippen LogP contribution is 2.43. The molecule has 0 aromatic heterocycles. The molecule has 0 aliphatic carbocycles. The SMILES string of the molecule is CCCCC/C=C\CC1OC1CCCCCCCC(=O)O[C@H](COC(=O)CCCCCCCCCCCCCCCCC)COP(=O)(O)OC[C@H](N)C(=O)O. The third-order valence-electron chi connectivity index (χ3n) is 9.94. The van der Waals surface area contributed by atoms with E-state index in [9.17, 15) is 23.8 Å². The Kier molecular flexibility index (Phi) is 31.9. The second-order valence-electron chi connectivity index (χ2n) is 15.2. The number of carbonyl (C=O) groups excluding carboxylic acids is 2. The van der Waals surface area contributed by atoms with Crippen LogP contribution in [0.1, 0.15) is 194 Å². The molecule has 0 spiro atoms. The van der Waals surface area contributed by atoms with E-state index in [1.54, 1.807) is 0 Å². The van der Waals surface area contributed by atoms with E-state index in [0.717, 1.165) is 64.2 Å². The number of epoxide rings is 1. The maximum absolute atomic E-state index is 12.6. The Balaban J connectivity index is 2.28. The lowest BCUT2D eigenvalue weighted by Gasteiger charge is -2.20. The van der Waals surface area contributed by atoms with Crippen molar-refractivity contribution < 1.29 is 52.2 Å². The van der Waals surface area contributed by atoms with E-state index < -0.39 is 51.1 Å². The number of ether oxygens (including phenoxy) is 3. The first-order valence-electron chi connectivity index (χ1n) is 21.8. The molecule has 0 saturated carbocycles. The van der Waals surface area contributed by atoms with Crippen LogP contribution in [0.15, 0.2) is 12.2 Å². The van der Waals surface area contributed by atoms with Crippen molar-refractivity contribution in [1.29, 1.82) is 0 Å². The maximum Gasteiger partial charge on any atom is 0.472 e. The van der Waals surface area contributed by atoms with Crippen LogP contribution >= 0.6 is 7.82 Å². The first-order chi connectivity index (χ1) is 26.6. The Morgan fingerprint density at radius 3 is 1.71 bits per heavy atom. The van der Waals surface area contributed by atoms with Gasteiger partial charge in [-0.2, -0.15) is 0 Å². The van der Waals surface area contributed by atoms with Gasteiger partial charge in [-0.3, -0.25) is 23.4 Å². The van der Waals surface area contributed by atoms with Crippen molar-refractivity contribution in [2.24, 2.45) is 5.73 Å². The van der Waals surface area contributed by atoms with E-state index in [1.807, 2.05) is 0 Å². The lowest BCUT2D eigenvalue weighted by molar-refractivity contribution is -0.161. The van der Waals surface area contributed by atoms with Crippen LogP contribution in [0.5, 0.6) is 0 Å². The molecule has 13 heteroatoms. The Morgan fingerprint density at radius 1 is 0.655 bits per heavy atom. The Morgan fingerprint density at radius 2 is 1.15 bits per heavy atom. The second-order valence-corrected chi connectivity index (χ2v) is 16.7. The number of allylic oxidation sites excluding steroid dienone is 1. The minimum atomic E-state index is -4.72. The lowest BCUT2D eigenvalue weighted by atomic mass is 10.0. The summed E-state index contributed by atoms with van der Waals surface area (Å²) in [6, 6.07) is -1.52. The van der Waals surface area contributed by atoms with Crippen molar-refractivity contribution in [3.8, 4) is 0 Å². The Bertz CT molecular complexity index is 1060. The second kappa shape index (κ2) is 34.2. The highest BCUT2D eigenvalue weighted by molar-refractivity contribution is 7.47.